The lowest BCUT2D eigenvalue weighted by Gasteiger charge is -2.24. The Labute approximate surface area is 77.1 Å². The molecule has 1 fully saturated rings. The van der Waals surface area contributed by atoms with Crippen molar-refractivity contribution in [2.45, 2.75) is 6.54 Å². The highest BCUT2D eigenvalue weighted by Crippen LogP contribution is 2.26. The molecule has 0 atom stereocenters. The molecule has 2 heterocycles. The number of benzene rings is 1. The van der Waals surface area contributed by atoms with E-state index in [4.69, 9.17) is 0 Å². The predicted octanol–water partition coefficient (Wildman–Crippen LogP) is 0.966. The molecule has 1 aromatic rings. The number of aliphatic imine (C=N–C) groups is 1. The molecule has 3 heteroatoms. The molecular formula is C10H11N3. The van der Waals surface area contributed by atoms with Crippen molar-refractivity contribution in [3.8, 4) is 0 Å². The zero-order valence-corrected chi connectivity index (χ0v) is 7.33. The number of rotatable bonds is 0. The van der Waals surface area contributed by atoms with Gasteiger partial charge in [0.05, 0.1) is 6.54 Å². The predicted molar refractivity (Wildman–Crippen MR) is 52.9 cm³/mol. The van der Waals surface area contributed by atoms with Crippen molar-refractivity contribution in [1.82, 2.24) is 5.32 Å². The summed E-state index contributed by atoms with van der Waals surface area (Å²) >= 11 is 0. The van der Waals surface area contributed by atoms with E-state index in [0.717, 1.165) is 25.6 Å². The zero-order chi connectivity index (χ0) is 8.67. The van der Waals surface area contributed by atoms with Gasteiger partial charge in [-0.1, -0.05) is 18.2 Å². The van der Waals surface area contributed by atoms with Crippen LogP contribution in [0, 0.1) is 0 Å². The standard InChI is InChI=1S/C10H11N3/c1-2-4-9-8(3-1)7-12-10-11-5-6-13(9)10/h1-4H,5-7H2,(H,11,12). The maximum absolute atomic E-state index is 4.46. The summed E-state index contributed by atoms with van der Waals surface area (Å²) in [4.78, 5) is 6.71. The van der Waals surface area contributed by atoms with Crippen LogP contribution in [-0.4, -0.2) is 19.0 Å². The Morgan fingerprint density at radius 3 is 3.23 bits per heavy atom. The van der Waals surface area contributed by atoms with Crippen LogP contribution in [0.1, 0.15) is 5.56 Å². The summed E-state index contributed by atoms with van der Waals surface area (Å²) in [6, 6.07) is 8.47. The topological polar surface area (TPSA) is 27.6 Å². The van der Waals surface area contributed by atoms with Crippen LogP contribution in [0.4, 0.5) is 5.69 Å². The number of nitrogens with zero attached hydrogens (tertiary/aromatic N) is 2. The maximum atomic E-state index is 4.46. The number of hydrogen-bond donors (Lipinski definition) is 1. The van der Waals surface area contributed by atoms with Crippen molar-refractivity contribution in [1.29, 1.82) is 0 Å². The third-order valence-corrected chi connectivity index (χ3v) is 2.56. The van der Waals surface area contributed by atoms with Crippen LogP contribution in [0.3, 0.4) is 0 Å². The third-order valence-electron chi connectivity index (χ3n) is 2.56. The number of nitrogens with one attached hydrogen (secondary N) is 1. The van der Waals surface area contributed by atoms with Gasteiger partial charge in [-0.2, -0.15) is 0 Å². The number of para-hydroxylation sites is 1. The molecule has 0 bridgehead atoms. The molecule has 0 radical (unpaired) electrons. The smallest absolute Gasteiger partial charge is 0.198 e. The van der Waals surface area contributed by atoms with Crippen molar-refractivity contribution in [3.63, 3.8) is 0 Å². The summed E-state index contributed by atoms with van der Waals surface area (Å²) < 4.78 is 0. The second-order valence-electron chi connectivity index (χ2n) is 3.35. The first kappa shape index (κ1) is 6.95. The monoisotopic (exact) mass is 173 g/mol. The molecule has 0 spiro atoms. The normalized spacial score (nSPS) is 18.8. The zero-order valence-electron chi connectivity index (χ0n) is 7.33. The van der Waals surface area contributed by atoms with Gasteiger partial charge in [0.2, 0.25) is 0 Å². The van der Waals surface area contributed by atoms with Crippen LogP contribution < -0.4 is 10.2 Å². The van der Waals surface area contributed by atoms with Crippen molar-refractivity contribution in [2.24, 2.45) is 4.99 Å². The van der Waals surface area contributed by atoms with Crippen LogP contribution in [-0.2, 0) is 6.54 Å². The van der Waals surface area contributed by atoms with Crippen LogP contribution >= 0.6 is 0 Å². The second-order valence-corrected chi connectivity index (χ2v) is 3.35. The molecule has 0 amide bonds. The van der Waals surface area contributed by atoms with E-state index in [0.29, 0.717) is 0 Å². The minimum Gasteiger partial charge on any atom is -0.354 e. The van der Waals surface area contributed by atoms with Gasteiger partial charge in [-0.25, -0.2) is 4.99 Å². The van der Waals surface area contributed by atoms with Gasteiger partial charge in [-0.3, -0.25) is 0 Å². The summed E-state index contributed by atoms with van der Waals surface area (Å²) in [6.07, 6.45) is 0. The molecule has 0 aliphatic carbocycles. The molecule has 0 saturated carbocycles. The molecule has 2 aliphatic rings. The van der Waals surface area contributed by atoms with Gasteiger partial charge in [-0.15, -0.1) is 0 Å². The maximum Gasteiger partial charge on any atom is 0.198 e. The summed E-state index contributed by atoms with van der Waals surface area (Å²) in [7, 11) is 0. The number of fused-ring (bicyclic) bond motifs is 3. The molecule has 1 saturated heterocycles. The Morgan fingerprint density at radius 1 is 1.31 bits per heavy atom. The van der Waals surface area contributed by atoms with Crippen molar-refractivity contribution in [2.75, 3.05) is 18.0 Å². The van der Waals surface area contributed by atoms with E-state index in [1.807, 2.05) is 0 Å². The Hall–Kier alpha value is -1.51. The number of anilines is 1. The minimum absolute atomic E-state index is 0.814. The van der Waals surface area contributed by atoms with Gasteiger partial charge < -0.3 is 10.2 Å². The highest BCUT2D eigenvalue weighted by Gasteiger charge is 2.24. The minimum atomic E-state index is 0.814. The van der Waals surface area contributed by atoms with Gasteiger partial charge >= 0.3 is 0 Å². The molecule has 1 aromatic carbocycles. The van der Waals surface area contributed by atoms with E-state index in [1.165, 1.54) is 11.3 Å². The van der Waals surface area contributed by atoms with Gasteiger partial charge in [0.1, 0.15) is 0 Å². The van der Waals surface area contributed by atoms with E-state index in [2.05, 4.69) is 39.5 Å². The van der Waals surface area contributed by atoms with Crippen LogP contribution in [0.25, 0.3) is 0 Å². The van der Waals surface area contributed by atoms with E-state index in [9.17, 15) is 0 Å². The largest absolute Gasteiger partial charge is 0.354 e. The third kappa shape index (κ3) is 0.932. The Morgan fingerprint density at radius 2 is 2.23 bits per heavy atom. The fourth-order valence-electron chi connectivity index (χ4n) is 1.92. The highest BCUT2D eigenvalue weighted by molar-refractivity contribution is 5.99. The van der Waals surface area contributed by atoms with Crippen LogP contribution in [0.5, 0.6) is 0 Å². The van der Waals surface area contributed by atoms with Crippen LogP contribution in [0.15, 0.2) is 29.3 Å². The number of hydrogen-bond acceptors (Lipinski definition) is 3. The Kier molecular flexibility index (Phi) is 1.33. The molecule has 13 heavy (non-hydrogen) atoms. The van der Waals surface area contributed by atoms with E-state index in [1.54, 1.807) is 0 Å². The lowest BCUT2D eigenvalue weighted by atomic mass is 10.1. The fraction of sp³-hybridized carbons (Fsp3) is 0.300. The average molecular weight is 173 g/mol. The lowest BCUT2D eigenvalue weighted by molar-refractivity contribution is 0.971. The molecular weight excluding hydrogens is 162 g/mol. The van der Waals surface area contributed by atoms with Crippen molar-refractivity contribution in [3.05, 3.63) is 29.8 Å². The molecule has 0 unspecified atom stereocenters. The van der Waals surface area contributed by atoms with Gasteiger partial charge in [0.15, 0.2) is 5.96 Å². The number of guanidine groups is 1. The quantitative estimate of drug-likeness (QED) is 0.633. The SMILES string of the molecule is c1ccc2c(c1)CN=C1NCCN12. The van der Waals surface area contributed by atoms with E-state index < -0.39 is 0 Å². The lowest BCUT2D eigenvalue weighted by Crippen LogP contribution is -2.33. The fourth-order valence-corrected chi connectivity index (χ4v) is 1.92. The first-order valence-corrected chi connectivity index (χ1v) is 4.59. The summed E-state index contributed by atoms with van der Waals surface area (Å²) in [5, 5.41) is 3.28. The second kappa shape index (κ2) is 2.49. The van der Waals surface area contributed by atoms with Crippen molar-refractivity contribution < 1.29 is 0 Å². The average Bonchev–Trinajstić information content (AvgIpc) is 2.65. The summed E-state index contributed by atoms with van der Waals surface area (Å²) in [5.74, 6) is 1.04. The van der Waals surface area contributed by atoms with Gasteiger partial charge in [0.25, 0.3) is 0 Å². The summed E-state index contributed by atoms with van der Waals surface area (Å²) in [5.41, 5.74) is 2.65. The van der Waals surface area contributed by atoms with Gasteiger partial charge in [0, 0.05) is 18.8 Å². The Bertz CT molecular complexity index is 370. The molecule has 2 aliphatic heterocycles. The molecule has 0 aromatic heterocycles. The molecule has 1 N–H and O–H groups in total. The first-order chi connectivity index (χ1) is 6.45. The molecule has 3 rings (SSSR count). The van der Waals surface area contributed by atoms with E-state index in [-0.39, 0.29) is 0 Å². The summed E-state index contributed by atoms with van der Waals surface area (Å²) in [6.45, 7) is 2.86. The molecule has 66 valence electrons. The van der Waals surface area contributed by atoms with Crippen LogP contribution in [0.2, 0.25) is 0 Å². The highest BCUT2D eigenvalue weighted by atomic mass is 15.4. The Balaban J connectivity index is 2.12. The van der Waals surface area contributed by atoms with Crippen molar-refractivity contribution >= 4 is 11.6 Å². The van der Waals surface area contributed by atoms with Gasteiger partial charge in [-0.05, 0) is 11.6 Å². The van der Waals surface area contributed by atoms with E-state index >= 15 is 0 Å². The molecule has 3 nitrogen and oxygen atoms in total. The first-order valence-electron chi connectivity index (χ1n) is 4.59.